The SMILES string of the molecule is NC(=O)Nc1ccc(CNC(=O)c2ccc(-c3ccccc3Cl)o2)cc1. The second kappa shape index (κ2) is 7.76. The van der Waals surface area contributed by atoms with Crippen LogP contribution in [-0.2, 0) is 6.54 Å². The highest BCUT2D eigenvalue weighted by Crippen LogP contribution is 2.29. The van der Waals surface area contributed by atoms with Gasteiger partial charge in [-0.2, -0.15) is 0 Å². The van der Waals surface area contributed by atoms with Crippen LogP contribution >= 0.6 is 11.6 Å². The number of nitrogens with one attached hydrogen (secondary N) is 2. The second-order valence-electron chi connectivity index (χ2n) is 5.51. The zero-order valence-electron chi connectivity index (χ0n) is 13.7. The van der Waals surface area contributed by atoms with Crippen molar-refractivity contribution in [1.82, 2.24) is 5.32 Å². The van der Waals surface area contributed by atoms with Gasteiger partial charge in [-0.1, -0.05) is 35.9 Å². The molecule has 0 radical (unpaired) electrons. The highest BCUT2D eigenvalue weighted by Gasteiger charge is 2.13. The fraction of sp³-hybridized carbons (Fsp3) is 0.0526. The van der Waals surface area contributed by atoms with Crippen molar-refractivity contribution in [2.45, 2.75) is 6.54 Å². The van der Waals surface area contributed by atoms with Crippen LogP contribution in [0.15, 0.2) is 65.1 Å². The van der Waals surface area contributed by atoms with Gasteiger partial charge in [-0.3, -0.25) is 4.79 Å². The molecule has 0 aliphatic carbocycles. The van der Waals surface area contributed by atoms with Crippen molar-refractivity contribution in [2.75, 3.05) is 5.32 Å². The van der Waals surface area contributed by atoms with Gasteiger partial charge in [0.2, 0.25) is 0 Å². The number of benzene rings is 2. The summed E-state index contributed by atoms with van der Waals surface area (Å²) in [5.74, 6) is 0.400. The van der Waals surface area contributed by atoms with Crippen molar-refractivity contribution in [3.05, 3.63) is 77.0 Å². The Kier molecular flexibility index (Phi) is 5.24. The van der Waals surface area contributed by atoms with Crippen LogP contribution in [0.5, 0.6) is 0 Å². The number of carbonyl (C=O) groups excluding carboxylic acids is 2. The van der Waals surface area contributed by atoms with Crippen molar-refractivity contribution in [3.63, 3.8) is 0 Å². The Labute approximate surface area is 155 Å². The molecule has 0 saturated carbocycles. The molecule has 7 heteroatoms. The Bertz CT molecular complexity index is 935. The van der Waals surface area contributed by atoms with Crippen LogP contribution in [0, 0.1) is 0 Å². The first-order chi connectivity index (χ1) is 12.5. The number of hydrogen-bond acceptors (Lipinski definition) is 3. The van der Waals surface area contributed by atoms with Gasteiger partial charge in [-0.25, -0.2) is 4.79 Å². The van der Waals surface area contributed by atoms with E-state index in [1.165, 1.54) is 0 Å². The summed E-state index contributed by atoms with van der Waals surface area (Å²) >= 11 is 6.14. The maximum atomic E-state index is 12.2. The van der Waals surface area contributed by atoms with Gasteiger partial charge in [0.05, 0.1) is 5.02 Å². The van der Waals surface area contributed by atoms with Crippen LogP contribution in [0.3, 0.4) is 0 Å². The summed E-state index contributed by atoms with van der Waals surface area (Å²) in [7, 11) is 0. The molecular weight excluding hydrogens is 354 g/mol. The molecule has 0 atom stereocenters. The first kappa shape index (κ1) is 17.6. The van der Waals surface area contributed by atoms with Crippen LogP contribution in [0.2, 0.25) is 5.02 Å². The molecule has 26 heavy (non-hydrogen) atoms. The molecule has 3 amide bonds. The number of halogens is 1. The maximum absolute atomic E-state index is 12.2. The lowest BCUT2D eigenvalue weighted by Gasteiger charge is -2.06. The molecule has 0 spiro atoms. The monoisotopic (exact) mass is 369 g/mol. The van der Waals surface area contributed by atoms with Gasteiger partial charge in [0, 0.05) is 17.8 Å². The summed E-state index contributed by atoms with van der Waals surface area (Å²) in [4.78, 5) is 23.0. The molecule has 3 rings (SSSR count). The largest absolute Gasteiger partial charge is 0.451 e. The number of urea groups is 1. The number of anilines is 1. The summed E-state index contributed by atoms with van der Waals surface area (Å²) in [6.07, 6.45) is 0. The summed E-state index contributed by atoms with van der Waals surface area (Å²) < 4.78 is 5.61. The molecule has 0 saturated heterocycles. The number of carbonyl (C=O) groups is 2. The Morgan fingerprint density at radius 1 is 1.00 bits per heavy atom. The molecule has 3 aromatic rings. The highest BCUT2D eigenvalue weighted by molar-refractivity contribution is 6.33. The third-order valence-electron chi connectivity index (χ3n) is 3.64. The van der Waals surface area contributed by atoms with Crippen LogP contribution in [0.25, 0.3) is 11.3 Å². The highest BCUT2D eigenvalue weighted by atomic mass is 35.5. The van der Waals surface area contributed by atoms with Gasteiger partial charge < -0.3 is 20.8 Å². The predicted octanol–water partition coefficient (Wildman–Crippen LogP) is 4.02. The summed E-state index contributed by atoms with van der Waals surface area (Å²) in [6, 6.07) is 16.9. The molecule has 6 nitrogen and oxygen atoms in total. The average Bonchev–Trinajstić information content (AvgIpc) is 3.11. The smallest absolute Gasteiger partial charge is 0.316 e. The quantitative estimate of drug-likeness (QED) is 0.633. The minimum Gasteiger partial charge on any atom is -0.451 e. The number of primary amides is 1. The topological polar surface area (TPSA) is 97.4 Å². The van der Waals surface area contributed by atoms with Crippen molar-refractivity contribution < 1.29 is 14.0 Å². The zero-order valence-corrected chi connectivity index (χ0v) is 14.4. The third kappa shape index (κ3) is 4.23. The fourth-order valence-corrected chi connectivity index (χ4v) is 2.61. The van der Waals surface area contributed by atoms with Gasteiger partial charge in [0.1, 0.15) is 5.76 Å². The molecular formula is C19H16ClN3O3. The maximum Gasteiger partial charge on any atom is 0.316 e. The van der Waals surface area contributed by atoms with E-state index in [1.807, 2.05) is 18.2 Å². The molecule has 0 aliphatic heterocycles. The van der Waals surface area contributed by atoms with E-state index in [1.54, 1.807) is 42.5 Å². The third-order valence-corrected chi connectivity index (χ3v) is 3.97. The van der Waals surface area contributed by atoms with E-state index in [9.17, 15) is 9.59 Å². The van der Waals surface area contributed by atoms with E-state index >= 15 is 0 Å². The number of rotatable bonds is 5. The Hall–Kier alpha value is -3.25. The lowest BCUT2D eigenvalue weighted by Crippen LogP contribution is -2.22. The number of hydrogen-bond donors (Lipinski definition) is 3. The molecule has 4 N–H and O–H groups in total. The van der Waals surface area contributed by atoms with Crippen molar-refractivity contribution in [3.8, 4) is 11.3 Å². The van der Waals surface area contributed by atoms with E-state index in [4.69, 9.17) is 21.8 Å². The van der Waals surface area contributed by atoms with Crippen LogP contribution in [-0.4, -0.2) is 11.9 Å². The lowest BCUT2D eigenvalue weighted by molar-refractivity contribution is 0.0924. The molecule has 0 fully saturated rings. The van der Waals surface area contributed by atoms with E-state index in [-0.39, 0.29) is 11.7 Å². The molecule has 2 aromatic carbocycles. The van der Waals surface area contributed by atoms with Gasteiger partial charge >= 0.3 is 6.03 Å². The Balaban J connectivity index is 1.62. The van der Waals surface area contributed by atoms with Crippen LogP contribution < -0.4 is 16.4 Å². The van der Waals surface area contributed by atoms with Crippen LogP contribution in [0.1, 0.15) is 16.1 Å². The predicted molar refractivity (Wildman–Crippen MR) is 100.0 cm³/mol. The lowest BCUT2D eigenvalue weighted by atomic mass is 10.2. The average molecular weight is 370 g/mol. The summed E-state index contributed by atoms with van der Waals surface area (Å²) in [6.45, 7) is 0.317. The number of nitrogens with two attached hydrogens (primary N) is 1. The van der Waals surface area contributed by atoms with E-state index < -0.39 is 6.03 Å². The molecule has 1 aromatic heterocycles. The molecule has 0 bridgehead atoms. The van der Waals surface area contributed by atoms with E-state index in [0.717, 1.165) is 11.1 Å². The van der Waals surface area contributed by atoms with E-state index in [0.29, 0.717) is 23.0 Å². The summed E-state index contributed by atoms with van der Waals surface area (Å²) in [5.41, 5.74) is 7.23. The number of amides is 3. The number of furan rings is 1. The first-order valence-corrected chi connectivity index (χ1v) is 8.19. The zero-order chi connectivity index (χ0) is 18.5. The standard InChI is InChI=1S/C19H16ClN3O3/c20-15-4-2-1-3-14(15)16-9-10-17(26-16)18(24)22-11-12-5-7-13(8-6-12)23-19(21)25/h1-10H,11H2,(H,22,24)(H3,21,23,25). The molecule has 0 aliphatic rings. The van der Waals surface area contributed by atoms with E-state index in [2.05, 4.69) is 10.6 Å². The first-order valence-electron chi connectivity index (χ1n) is 7.81. The summed E-state index contributed by atoms with van der Waals surface area (Å²) in [5, 5.41) is 5.80. The Morgan fingerprint density at radius 3 is 2.42 bits per heavy atom. The van der Waals surface area contributed by atoms with Gasteiger partial charge in [-0.15, -0.1) is 0 Å². The van der Waals surface area contributed by atoms with Crippen LogP contribution in [0.4, 0.5) is 10.5 Å². The normalized spacial score (nSPS) is 10.3. The molecule has 0 unspecified atom stereocenters. The van der Waals surface area contributed by atoms with Crippen molar-refractivity contribution >= 4 is 29.2 Å². The minimum atomic E-state index is -0.627. The minimum absolute atomic E-state index is 0.201. The van der Waals surface area contributed by atoms with Crippen molar-refractivity contribution in [2.24, 2.45) is 5.73 Å². The van der Waals surface area contributed by atoms with Gasteiger partial charge in [-0.05, 0) is 42.0 Å². The molecule has 132 valence electrons. The Morgan fingerprint density at radius 2 is 1.73 bits per heavy atom. The molecule has 1 heterocycles. The van der Waals surface area contributed by atoms with Gasteiger partial charge in [0.15, 0.2) is 5.76 Å². The van der Waals surface area contributed by atoms with Gasteiger partial charge in [0.25, 0.3) is 5.91 Å². The fourth-order valence-electron chi connectivity index (χ4n) is 2.38. The second-order valence-corrected chi connectivity index (χ2v) is 5.92. The van der Waals surface area contributed by atoms with Crippen molar-refractivity contribution in [1.29, 1.82) is 0 Å².